The van der Waals surface area contributed by atoms with E-state index in [-0.39, 0.29) is 12.5 Å². The monoisotopic (exact) mass is 235 g/mol. The zero-order valence-electron chi connectivity index (χ0n) is 7.75. The Labute approximate surface area is 85.7 Å². The Bertz CT molecular complexity index is 438. The third-order valence-electron chi connectivity index (χ3n) is 1.51. The van der Waals surface area contributed by atoms with Crippen LogP contribution in [0.4, 0.5) is 10.3 Å². The van der Waals surface area contributed by atoms with Gasteiger partial charge in [0.2, 0.25) is 12.3 Å². The summed E-state index contributed by atoms with van der Waals surface area (Å²) in [5.41, 5.74) is 0. The molecule has 0 saturated carbocycles. The first-order valence-corrected chi connectivity index (χ1v) is 5.43. The molecular formula is C6H8FN4O3S. The first kappa shape index (κ1) is 11.7. The van der Waals surface area contributed by atoms with Gasteiger partial charge in [0.15, 0.2) is 0 Å². The Morgan fingerprint density at radius 3 is 2.73 bits per heavy atom. The molecule has 1 aromatic heterocycles. The van der Waals surface area contributed by atoms with E-state index in [1.807, 2.05) is 6.33 Å². The molecule has 0 aliphatic heterocycles. The number of aromatic nitrogens is 3. The van der Waals surface area contributed by atoms with Gasteiger partial charge in [0.25, 0.3) is 10.1 Å². The fraction of sp³-hybridized carbons (Fsp3) is 0.500. The van der Waals surface area contributed by atoms with Gasteiger partial charge in [-0.15, -0.1) is 0 Å². The lowest BCUT2D eigenvalue weighted by atomic mass is 10.6. The van der Waals surface area contributed by atoms with Gasteiger partial charge in [-0.3, -0.25) is 4.55 Å². The molecule has 1 rings (SSSR count). The highest BCUT2D eigenvalue weighted by atomic mass is 32.2. The molecular weight excluding hydrogens is 227 g/mol. The van der Waals surface area contributed by atoms with Crippen molar-refractivity contribution in [3.63, 3.8) is 0 Å². The zero-order chi connectivity index (χ0) is 11.5. The summed E-state index contributed by atoms with van der Waals surface area (Å²) in [7, 11) is -2.60. The van der Waals surface area contributed by atoms with E-state index in [4.69, 9.17) is 4.55 Å². The van der Waals surface area contributed by atoms with Crippen molar-refractivity contribution in [3.8, 4) is 0 Å². The molecule has 15 heavy (non-hydrogen) atoms. The molecule has 0 unspecified atom stereocenters. The van der Waals surface area contributed by atoms with Crippen LogP contribution in [0.25, 0.3) is 0 Å². The molecule has 0 spiro atoms. The van der Waals surface area contributed by atoms with E-state index in [2.05, 4.69) is 15.0 Å². The van der Waals surface area contributed by atoms with Crippen molar-refractivity contribution in [2.75, 3.05) is 24.2 Å². The van der Waals surface area contributed by atoms with Crippen molar-refractivity contribution in [2.24, 2.45) is 0 Å². The number of anilines is 1. The summed E-state index contributed by atoms with van der Waals surface area (Å²) in [4.78, 5) is 11.1. The molecule has 1 aromatic rings. The van der Waals surface area contributed by atoms with E-state index in [1.165, 1.54) is 11.9 Å². The summed E-state index contributed by atoms with van der Waals surface area (Å²) in [6, 6.07) is 0. The number of hydrogen-bond donors (Lipinski definition) is 1. The van der Waals surface area contributed by atoms with E-state index in [1.54, 1.807) is 0 Å². The minimum absolute atomic E-state index is 0.0499. The molecule has 83 valence electrons. The quantitative estimate of drug-likeness (QED) is 0.678. The van der Waals surface area contributed by atoms with Gasteiger partial charge in [-0.25, -0.2) is 0 Å². The summed E-state index contributed by atoms with van der Waals surface area (Å²) in [5, 5.41) is 0. The van der Waals surface area contributed by atoms with Crippen molar-refractivity contribution < 1.29 is 17.4 Å². The van der Waals surface area contributed by atoms with Crippen LogP contribution in [0.15, 0.2) is 0 Å². The number of rotatable bonds is 4. The first-order valence-electron chi connectivity index (χ1n) is 3.82. The molecule has 1 radical (unpaired) electrons. The molecule has 0 aliphatic rings. The van der Waals surface area contributed by atoms with E-state index >= 15 is 0 Å². The molecule has 9 heteroatoms. The lowest BCUT2D eigenvalue weighted by Crippen LogP contribution is -2.27. The van der Waals surface area contributed by atoms with Gasteiger partial charge in [0, 0.05) is 13.6 Å². The van der Waals surface area contributed by atoms with Crippen LogP contribution < -0.4 is 4.90 Å². The van der Waals surface area contributed by atoms with Crippen molar-refractivity contribution in [3.05, 3.63) is 12.4 Å². The van der Waals surface area contributed by atoms with Crippen LogP contribution in [0.5, 0.6) is 0 Å². The average molecular weight is 235 g/mol. The highest BCUT2D eigenvalue weighted by molar-refractivity contribution is 7.85. The Morgan fingerprint density at radius 2 is 2.20 bits per heavy atom. The smallest absolute Gasteiger partial charge is 0.314 e. The van der Waals surface area contributed by atoms with E-state index < -0.39 is 21.9 Å². The molecule has 0 aliphatic carbocycles. The summed E-state index contributed by atoms with van der Waals surface area (Å²) in [6.07, 6.45) is 1.02. The first-order chi connectivity index (χ1) is 6.88. The number of hydrogen-bond acceptors (Lipinski definition) is 6. The predicted molar refractivity (Wildman–Crippen MR) is 48.3 cm³/mol. The van der Waals surface area contributed by atoms with Crippen LogP contribution in [0.3, 0.4) is 0 Å². The molecule has 0 bridgehead atoms. The standard InChI is InChI=1S/C6H8FN4O3S/c1-11(2-3-15(12,13)14)6-9-4-8-5(7)10-6/h2-3H2,1H3,(H,12,13,14). The van der Waals surface area contributed by atoms with Crippen molar-refractivity contribution in [1.82, 2.24) is 15.0 Å². The second-order valence-electron chi connectivity index (χ2n) is 2.71. The molecule has 1 heterocycles. The van der Waals surface area contributed by atoms with Gasteiger partial charge < -0.3 is 4.90 Å². The highest BCUT2D eigenvalue weighted by Crippen LogP contribution is 2.02. The largest absolute Gasteiger partial charge is 0.343 e. The van der Waals surface area contributed by atoms with Crippen LogP contribution in [-0.4, -0.2) is 47.3 Å². The van der Waals surface area contributed by atoms with Crippen LogP contribution in [0.2, 0.25) is 0 Å². The fourth-order valence-corrected chi connectivity index (χ4v) is 1.27. The third-order valence-corrected chi connectivity index (χ3v) is 2.21. The Morgan fingerprint density at radius 1 is 1.53 bits per heavy atom. The molecule has 1 N–H and O–H groups in total. The van der Waals surface area contributed by atoms with E-state index in [0.717, 1.165) is 0 Å². The second-order valence-corrected chi connectivity index (χ2v) is 4.28. The third kappa shape index (κ3) is 4.13. The van der Waals surface area contributed by atoms with Crippen LogP contribution in [0.1, 0.15) is 0 Å². The zero-order valence-corrected chi connectivity index (χ0v) is 8.57. The molecule has 0 aromatic carbocycles. The lowest BCUT2D eigenvalue weighted by molar-refractivity contribution is 0.482. The van der Waals surface area contributed by atoms with Crippen LogP contribution >= 0.6 is 0 Å². The lowest BCUT2D eigenvalue weighted by Gasteiger charge is -2.14. The second kappa shape index (κ2) is 4.45. The summed E-state index contributed by atoms with van der Waals surface area (Å²) in [5.74, 6) is -0.539. The van der Waals surface area contributed by atoms with Gasteiger partial charge in [-0.1, -0.05) is 0 Å². The van der Waals surface area contributed by atoms with Gasteiger partial charge in [-0.2, -0.15) is 27.8 Å². The van der Waals surface area contributed by atoms with Gasteiger partial charge in [-0.05, 0) is 0 Å². The maximum Gasteiger partial charge on any atom is 0.314 e. The summed E-state index contributed by atoms with van der Waals surface area (Å²) < 4.78 is 41.8. The molecule has 7 nitrogen and oxygen atoms in total. The van der Waals surface area contributed by atoms with Gasteiger partial charge >= 0.3 is 6.08 Å². The Kier molecular flexibility index (Phi) is 3.48. The SMILES string of the molecule is CN(CCS(=O)(=O)O)c1n[c]nc(F)n1. The van der Waals surface area contributed by atoms with Crippen molar-refractivity contribution in [1.29, 1.82) is 0 Å². The average Bonchev–Trinajstić information content (AvgIpc) is 2.13. The van der Waals surface area contributed by atoms with Crippen LogP contribution in [-0.2, 0) is 10.1 Å². The highest BCUT2D eigenvalue weighted by Gasteiger charge is 2.10. The Hall–Kier alpha value is -1.35. The summed E-state index contributed by atoms with van der Waals surface area (Å²) in [6.45, 7) is -0.0594. The van der Waals surface area contributed by atoms with Crippen molar-refractivity contribution in [2.45, 2.75) is 0 Å². The van der Waals surface area contributed by atoms with Gasteiger partial charge in [0.05, 0.1) is 5.75 Å². The van der Waals surface area contributed by atoms with E-state index in [9.17, 15) is 12.8 Å². The van der Waals surface area contributed by atoms with E-state index in [0.29, 0.717) is 0 Å². The maximum absolute atomic E-state index is 12.5. The predicted octanol–water partition coefficient (Wildman–Crippen LogP) is -0.865. The van der Waals surface area contributed by atoms with Gasteiger partial charge in [0.1, 0.15) is 0 Å². The Balaban J connectivity index is 2.65. The topological polar surface area (TPSA) is 96.3 Å². The number of halogens is 1. The molecule has 0 saturated heterocycles. The van der Waals surface area contributed by atoms with Crippen molar-refractivity contribution >= 4 is 16.1 Å². The molecule has 0 atom stereocenters. The summed E-state index contributed by atoms with van der Waals surface area (Å²) >= 11 is 0. The number of nitrogens with zero attached hydrogens (tertiary/aromatic N) is 4. The molecule has 0 fully saturated rings. The molecule has 0 amide bonds. The van der Waals surface area contributed by atoms with Crippen LogP contribution in [0, 0.1) is 12.4 Å². The minimum Gasteiger partial charge on any atom is -0.343 e. The minimum atomic E-state index is -4.05. The maximum atomic E-state index is 12.5. The fourth-order valence-electron chi connectivity index (χ4n) is 0.766. The normalized spacial score (nSPS) is 11.4.